The van der Waals surface area contributed by atoms with Gasteiger partial charge in [-0.25, -0.2) is 4.98 Å². The van der Waals surface area contributed by atoms with Crippen molar-refractivity contribution in [2.45, 2.75) is 19.4 Å². The van der Waals surface area contributed by atoms with Gasteiger partial charge in [-0.2, -0.15) is 0 Å². The Balaban J connectivity index is 1.59. The van der Waals surface area contributed by atoms with Gasteiger partial charge in [-0.3, -0.25) is 9.59 Å². The summed E-state index contributed by atoms with van der Waals surface area (Å²) in [5.74, 6) is 1.38. The molecule has 1 aliphatic carbocycles. The number of nitrogens with one attached hydrogen (secondary N) is 1. The van der Waals surface area contributed by atoms with E-state index in [1.54, 1.807) is 24.4 Å². The number of rotatable bonds is 6. The normalized spacial score (nSPS) is 26.3. The average molecular weight is 355 g/mol. The molecule has 7 nitrogen and oxygen atoms in total. The van der Waals surface area contributed by atoms with E-state index in [0.717, 1.165) is 17.2 Å². The Labute approximate surface area is 150 Å². The zero-order valence-electron chi connectivity index (χ0n) is 14.7. The number of pyridine rings is 1. The molecule has 0 radical (unpaired) electrons. The highest BCUT2D eigenvalue weighted by Crippen LogP contribution is 2.54. The number of ether oxygens (including phenoxy) is 2. The van der Waals surface area contributed by atoms with Gasteiger partial charge < -0.3 is 20.5 Å². The van der Waals surface area contributed by atoms with Crippen LogP contribution in [0.3, 0.4) is 0 Å². The second-order valence-corrected chi connectivity index (χ2v) is 6.86. The molecule has 7 heteroatoms. The van der Waals surface area contributed by atoms with Crippen LogP contribution in [0, 0.1) is 17.8 Å². The second-order valence-electron chi connectivity index (χ2n) is 6.86. The van der Waals surface area contributed by atoms with Crippen LogP contribution < -0.4 is 20.5 Å². The minimum Gasteiger partial charge on any atom is -0.496 e. The lowest BCUT2D eigenvalue weighted by Gasteiger charge is -2.17. The van der Waals surface area contributed by atoms with Gasteiger partial charge in [0.15, 0.2) is 0 Å². The van der Waals surface area contributed by atoms with E-state index < -0.39 is 5.91 Å². The van der Waals surface area contributed by atoms with E-state index in [1.807, 2.05) is 0 Å². The summed E-state index contributed by atoms with van der Waals surface area (Å²) < 4.78 is 11.2. The largest absolute Gasteiger partial charge is 0.496 e. The second kappa shape index (κ2) is 6.16. The number of fused-ring (bicyclic) bond motifs is 2. The predicted octanol–water partition coefficient (Wildman–Crippen LogP) is 1.49. The van der Waals surface area contributed by atoms with Gasteiger partial charge in [-0.05, 0) is 35.4 Å². The van der Waals surface area contributed by atoms with Gasteiger partial charge in [0.05, 0.1) is 18.7 Å². The Morgan fingerprint density at radius 2 is 2.19 bits per heavy atom. The number of carbonyl (C=O) groups is 2. The third-order valence-electron chi connectivity index (χ3n) is 5.51. The van der Waals surface area contributed by atoms with Crippen molar-refractivity contribution in [2.24, 2.45) is 23.5 Å². The van der Waals surface area contributed by atoms with Crippen molar-refractivity contribution in [1.29, 1.82) is 0 Å². The van der Waals surface area contributed by atoms with Gasteiger partial charge in [0, 0.05) is 17.5 Å². The molecule has 4 rings (SSSR count). The molecule has 1 saturated carbocycles. The number of nitrogens with zero attached hydrogens (tertiary/aromatic N) is 1. The first-order chi connectivity index (χ1) is 12.5. The number of hydrogen-bond donors (Lipinski definition) is 2. The molecule has 2 fully saturated rings. The number of hydrogen-bond acceptors (Lipinski definition) is 5. The third kappa shape index (κ3) is 2.55. The quantitative estimate of drug-likeness (QED) is 0.817. The van der Waals surface area contributed by atoms with Crippen molar-refractivity contribution >= 4 is 22.6 Å². The van der Waals surface area contributed by atoms with Crippen LogP contribution in [0.5, 0.6) is 11.6 Å². The number of aromatic nitrogens is 1. The lowest BCUT2D eigenvalue weighted by Crippen LogP contribution is -2.37. The standard InChI is InChI=1S/C19H21N3O4/c1-3-10-15-13(22-18(24)16(10)15)8-26-19-11-7-14(25-2)12(17(20)23)6-9(11)4-5-21-19/h4-7,10,13,15-16H,3,8H2,1-2H3,(H2,20,23)(H,22,24). The minimum absolute atomic E-state index is 0.0151. The molecule has 1 saturated heterocycles. The summed E-state index contributed by atoms with van der Waals surface area (Å²) in [5, 5.41) is 4.53. The Kier molecular flexibility index (Phi) is 3.94. The van der Waals surface area contributed by atoms with Crippen molar-refractivity contribution in [1.82, 2.24) is 10.3 Å². The highest BCUT2D eigenvalue weighted by molar-refractivity contribution is 6.01. The smallest absolute Gasteiger partial charge is 0.252 e. The van der Waals surface area contributed by atoms with Crippen LogP contribution in [0.2, 0.25) is 0 Å². The molecule has 26 heavy (non-hydrogen) atoms. The number of methoxy groups -OCH3 is 1. The number of nitrogens with two attached hydrogens (primary N) is 1. The van der Waals surface area contributed by atoms with E-state index in [2.05, 4.69) is 17.2 Å². The van der Waals surface area contributed by atoms with Crippen LogP contribution in [-0.4, -0.2) is 36.6 Å². The topological polar surface area (TPSA) is 104 Å². The fraction of sp³-hybridized carbons (Fsp3) is 0.421. The molecule has 3 N–H and O–H groups in total. The fourth-order valence-electron chi connectivity index (χ4n) is 4.19. The highest BCUT2D eigenvalue weighted by Gasteiger charge is 2.62. The molecule has 2 amide bonds. The van der Waals surface area contributed by atoms with Gasteiger partial charge >= 0.3 is 0 Å². The van der Waals surface area contributed by atoms with E-state index in [4.69, 9.17) is 15.2 Å². The Bertz CT molecular complexity index is 898. The molecule has 136 valence electrons. The molecule has 1 aromatic carbocycles. The molecule has 1 aliphatic heterocycles. The average Bonchev–Trinajstić information content (AvgIpc) is 3.29. The van der Waals surface area contributed by atoms with E-state index >= 15 is 0 Å². The summed E-state index contributed by atoms with van der Waals surface area (Å²) in [5.41, 5.74) is 5.73. The monoisotopic (exact) mass is 355 g/mol. The first-order valence-corrected chi connectivity index (χ1v) is 8.74. The van der Waals surface area contributed by atoms with Gasteiger partial charge in [-0.1, -0.05) is 13.3 Å². The van der Waals surface area contributed by atoms with E-state index in [9.17, 15) is 9.59 Å². The molecular formula is C19H21N3O4. The van der Waals surface area contributed by atoms with E-state index in [1.165, 1.54) is 7.11 Å². The Hall–Kier alpha value is -2.83. The first-order valence-electron chi connectivity index (χ1n) is 8.74. The fourth-order valence-corrected chi connectivity index (χ4v) is 4.19. The van der Waals surface area contributed by atoms with E-state index in [-0.39, 0.29) is 17.9 Å². The molecular weight excluding hydrogens is 334 g/mol. The van der Waals surface area contributed by atoms with Crippen LogP contribution in [0.4, 0.5) is 0 Å². The maximum absolute atomic E-state index is 12.0. The predicted molar refractivity (Wildman–Crippen MR) is 95.0 cm³/mol. The van der Waals surface area contributed by atoms with Crippen molar-refractivity contribution < 1.29 is 19.1 Å². The van der Waals surface area contributed by atoms with Crippen LogP contribution in [0.1, 0.15) is 23.7 Å². The summed E-state index contributed by atoms with van der Waals surface area (Å²) in [4.78, 5) is 27.9. The highest BCUT2D eigenvalue weighted by atomic mass is 16.5. The zero-order valence-corrected chi connectivity index (χ0v) is 14.7. The van der Waals surface area contributed by atoms with Crippen molar-refractivity contribution in [3.63, 3.8) is 0 Å². The summed E-state index contributed by atoms with van der Waals surface area (Å²) >= 11 is 0. The Morgan fingerprint density at radius 1 is 1.38 bits per heavy atom. The number of carbonyl (C=O) groups excluding carboxylic acids is 2. The molecule has 0 bridgehead atoms. The summed E-state index contributed by atoms with van der Waals surface area (Å²) in [6.07, 6.45) is 2.63. The Morgan fingerprint density at radius 3 is 2.85 bits per heavy atom. The summed E-state index contributed by atoms with van der Waals surface area (Å²) in [6.45, 7) is 2.48. The zero-order chi connectivity index (χ0) is 18.4. The molecule has 4 unspecified atom stereocenters. The summed E-state index contributed by atoms with van der Waals surface area (Å²) in [7, 11) is 1.48. The lowest BCUT2D eigenvalue weighted by atomic mass is 10.1. The van der Waals surface area contributed by atoms with Crippen LogP contribution in [0.15, 0.2) is 24.4 Å². The first kappa shape index (κ1) is 16.6. The van der Waals surface area contributed by atoms with Crippen molar-refractivity contribution in [2.75, 3.05) is 13.7 Å². The molecule has 1 aromatic heterocycles. The van der Waals surface area contributed by atoms with Gasteiger partial charge in [0.1, 0.15) is 12.4 Å². The van der Waals surface area contributed by atoms with Crippen LogP contribution >= 0.6 is 0 Å². The number of piperidine rings is 1. The van der Waals surface area contributed by atoms with Crippen LogP contribution in [-0.2, 0) is 4.79 Å². The molecule has 0 spiro atoms. The number of primary amides is 1. The van der Waals surface area contributed by atoms with Gasteiger partial charge in [0.2, 0.25) is 11.8 Å². The van der Waals surface area contributed by atoms with Gasteiger partial charge in [-0.15, -0.1) is 0 Å². The summed E-state index contributed by atoms with van der Waals surface area (Å²) in [6, 6.07) is 5.18. The lowest BCUT2D eigenvalue weighted by molar-refractivity contribution is -0.121. The number of amides is 2. The maximum atomic E-state index is 12.0. The molecule has 2 aliphatic rings. The minimum atomic E-state index is -0.554. The van der Waals surface area contributed by atoms with Gasteiger partial charge in [0.25, 0.3) is 5.91 Å². The third-order valence-corrected chi connectivity index (χ3v) is 5.51. The maximum Gasteiger partial charge on any atom is 0.252 e. The molecule has 2 heterocycles. The SMILES string of the molecule is CCC1C2C(=O)NC(COc3nccc4cc(C(N)=O)c(OC)cc34)C12. The van der Waals surface area contributed by atoms with Crippen LogP contribution in [0.25, 0.3) is 10.8 Å². The van der Waals surface area contributed by atoms with E-state index in [0.29, 0.717) is 35.6 Å². The van der Waals surface area contributed by atoms with Crippen molar-refractivity contribution in [3.8, 4) is 11.6 Å². The van der Waals surface area contributed by atoms with Crippen molar-refractivity contribution in [3.05, 3.63) is 30.0 Å². The molecule has 4 atom stereocenters. The molecule has 2 aromatic rings. The number of benzene rings is 1.